The van der Waals surface area contributed by atoms with Crippen molar-refractivity contribution < 1.29 is 46.0 Å². The first kappa shape index (κ1) is 29.6. The zero-order valence-electron chi connectivity index (χ0n) is 17.2. The van der Waals surface area contributed by atoms with Crippen molar-refractivity contribution in [2.75, 3.05) is 0 Å². The first-order valence-corrected chi connectivity index (χ1v) is 9.23. The zero-order valence-corrected chi connectivity index (χ0v) is 19.7. The Morgan fingerprint density at radius 3 is 1.08 bits per heavy atom. The fourth-order valence-electron chi connectivity index (χ4n) is 2.20. The Kier molecular flexibility index (Phi) is 19.0. The summed E-state index contributed by atoms with van der Waals surface area (Å²) in [6.07, 6.45) is 8.54. The number of carboxylic acids is 2. The van der Waals surface area contributed by atoms with Gasteiger partial charge in [-0.1, -0.05) is 67.2 Å². The van der Waals surface area contributed by atoms with Crippen LogP contribution in [0.3, 0.4) is 0 Å². The first-order valence-electron chi connectivity index (χ1n) is 9.23. The molecule has 25 heavy (non-hydrogen) atoms. The van der Waals surface area contributed by atoms with Gasteiger partial charge in [0.25, 0.3) is 0 Å². The molecule has 0 aliphatic rings. The van der Waals surface area contributed by atoms with Crippen LogP contribution in [-0.4, -0.2) is 11.9 Å². The average molecular weight is 434 g/mol. The molecule has 0 saturated heterocycles. The van der Waals surface area contributed by atoms with E-state index in [1.54, 1.807) is 0 Å². The van der Waals surface area contributed by atoms with Gasteiger partial charge in [0.15, 0.2) is 0 Å². The predicted molar refractivity (Wildman–Crippen MR) is 95.1 cm³/mol. The van der Waals surface area contributed by atoms with Gasteiger partial charge in [-0.15, -0.1) is 0 Å². The van der Waals surface area contributed by atoms with Crippen LogP contribution in [0.5, 0.6) is 0 Å². The van der Waals surface area contributed by atoms with Gasteiger partial charge in [0, 0.05) is 11.9 Å². The summed E-state index contributed by atoms with van der Waals surface area (Å²) < 4.78 is 0. The Labute approximate surface area is 174 Å². The number of unbranched alkanes of at least 4 members (excludes halogenated alkanes) is 4. The molecule has 0 unspecified atom stereocenters. The number of carboxylic acid groups (broad SMARTS) is 2. The third-order valence-corrected chi connectivity index (χ3v) is 3.62. The molecular weight excluding hydrogens is 395 g/mol. The fourth-order valence-corrected chi connectivity index (χ4v) is 2.20. The average Bonchev–Trinajstić information content (AvgIpc) is 2.35. The van der Waals surface area contributed by atoms with Crippen molar-refractivity contribution in [3.05, 3.63) is 0 Å². The molecule has 0 heterocycles. The molecule has 0 radical (unpaired) electrons. The van der Waals surface area contributed by atoms with E-state index in [0.29, 0.717) is 10.8 Å². The Morgan fingerprint density at radius 1 is 0.600 bits per heavy atom. The summed E-state index contributed by atoms with van der Waals surface area (Å²) in [5.41, 5.74) is 0.753. The van der Waals surface area contributed by atoms with Gasteiger partial charge in [-0.25, -0.2) is 0 Å². The van der Waals surface area contributed by atoms with E-state index in [2.05, 4.69) is 41.5 Å². The number of rotatable bonds is 10. The summed E-state index contributed by atoms with van der Waals surface area (Å²) in [6, 6.07) is 0. The molecule has 0 atom stereocenters. The minimum Gasteiger partial charge on any atom is -0.550 e. The van der Waals surface area contributed by atoms with E-state index in [-0.39, 0.29) is 39.0 Å². The molecular formula is C20H38O4Zr. The molecule has 0 saturated carbocycles. The van der Waals surface area contributed by atoms with E-state index >= 15 is 0 Å². The Hall–Kier alpha value is -0.177. The van der Waals surface area contributed by atoms with E-state index < -0.39 is 11.9 Å². The Balaban J connectivity index is -0.000000372. The maximum Gasteiger partial charge on any atom is 2.00 e. The van der Waals surface area contributed by atoms with Crippen molar-refractivity contribution in [2.45, 2.75) is 106 Å². The standard InChI is InChI=1S/2C10H20O2.Zr/c2*1-10(2,3)8-6-4-5-7-9(11)12;/h2*4-8H2,1-3H3,(H,11,12);/q;;+2/p-2. The molecule has 0 aromatic heterocycles. The second-order valence-corrected chi connectivity index (χ2v) is 8.99. The van der Waals surface area contributed by atoms with E-state index in [0.717, 1.165) is 38.5 Å². The fraction of sp³-hybridized carbons (Fsp3) is 0.900. The van der Waals surface area contributed by atoms with Crippen LogP contribution in [0, 0.1) is 10.8 Å². The second-order valence-electron chi connectivity index (χ2n) is 8.99. The van der Waals surface area contributed by atoms with Gasteiger partial charge in [0.2, 0.25) is 0 Å². The summed E-state index contributed by atoms with van der Waals surface area (Å²) in [5, 5.41) is 20.1. The summed E-state index contributed by atoms with van der Waals surface area (Å²) in [7, 11) is 0. The maximum absolute atomic E-state index is 10.0. The molecule has 4 nitrogen and oxygen atoms in total. The number of carbonyl (C=O) groups excluding carboxylic acids is 2. The van der Waals surface area contributed by atoms with E-state index in [9.17, 15) is 19.8 Å². The van der Waals surface area contributed by atoms with Crippen LogP contribution in [0.4, 0.5) is 0 Å². The van der Waals surface area contributed by atoms with Crippen molar-refractivity contribution in [1.82, 2.24) is 0 Å². The number of hydrogen-bond acceptors (Lipinski definition) is 4. The number of carbonyl (C=O) groups is 2. The smallest absolute Gasteiger partial charge is 0.550 e. The predicted octanol–water partition coefficient (Wildman–Crippen LogP) is 3.46. The first-order chi connectivity index (χ1) is 10.8. The third kappa shape index (κ3) is 35.7. The molecule has 0 bridgehead atoms. The summed E-state index contributed by atoms with van der Waals surface area (Å²) in [5.74, 6) is -1.85. The van der Waals surface area contributed by atoms with Crippen LogP contribution in [0.2, 0.25) is 0 Å². The Morgan fingerprint density at radius 2 is 0.880 bits per heavy atom. The Bertz CT molecular complexity index is 307. The molecule has 0 aromatic carbocycles. The van der Waals surface area contributed by atoms with Crippen molar-refractivity contribution in [3.8, 4) is 0 Å². The van der Waals surface area contributed by atoms with E-state index in [4.69, 9.17) is 0 Å². The van der Waals surface area contributed by atoms with Gasteiger partial charge >= 0.3 is 26.2 Å². The maximum atomic E-state index is 10.0. The largest absolute Gasteiger partial charge is 2.00 e. The molecule has 0 rings (SSSR count). The number of aliphatic carboxylic acids is 2. The zero-order chi connectivity index (χ0) is 19.2. The van der Waals surface area contributed by atoms with Crippen molar-refractivity contribution >= 4 is 11.9 Å². The molecule has 0 aliphatic heterocycles. The summed E-state index contributed by atoms with van der Waals surface area (Å²) in [6.45, 7) is 13.2. The van der Waals surface area contributed by atoms with Crippen molar-refractivity contribution in [2.24, 2.45) is 10.8 Å². The molecule has 0 N–H and O–H groups in total. The van der Waals surface area contributed by atoms with Crippen LogP contribution in [0.25, 0.3) is 0 Å². The van der Waals surface area contributed by atoms with Crippen LogP contribution < -0.4 is 10.2 Å². The molecule has 146 valence electrons. The molecule has 5 heteroatoms. The molecule has 0 amide bonds. The van der Waals surface area contributed by atoms with Gasteiger partial charge in [0.1, 0.15) is 0 Å². The SMILES string of the molecule is CC(C)(C)CCCCCC(=O)[O-].CC(C)(C)CCCCCC(=O)[O-].[Zr+2]. The van der Waals surface area contributed by atoms with Crippen LogP contribution in [-0.2, 0) is 35.8 Å². The van der Waals surface area contributed by atoms with Gasteiger partial charge in [-0.3, -0.25) is 0 Å². The normalized spacial score (nSPS) is 11.1. The summed E-state index contributed by atoms with van der Waals surface area (Å²) >= 11 is 0. The topological polar surface area (TPSA) is 80.3 Å². The molecule has 0 aliphatic carbocycles. The van der Waals surface area contributed by atoms with Gasteiger partial charge in [-0.2, -0.15) is 0 Å². The molecule has 0 fully saturated rings. The monoisotopic (exact) mass is 432 g/mol. The second kappa shape index (κ2) is 16.0. The third-order valence-electron chi connectivity index (χ3n) is 3.62. The van der Waals surface area contributed by atoms with Gasteiger partial charge in [-0.05, 0) is 49.4 Å². The van der Waals surface area contributed by atoms with Crippen LogP contribution in [0.1, 0.15) is 106 Å². The van der Waals surface area contributed by atoms with E-state index in [1.165, 1.54) is 12.8 Å². The summed E-state index contributed by atoms with van der Waals surface area (Å²) in [4.78, 5) is 20.1. The van der Waals surface area contributed by atoms with Crippen molar-refractivity contribution in [3.63, 3.8) is 0 Å². The van der Waals surface area contributed by atoms with Crippen LogP contribution >= 0.6 is 0 Å². The van der Waals surface area contributed by atoms with E-state index in [1.807, 2.05) is 0 Å². The van der Waals surface area contributed by atoms with Crippen LogP contribution in [0.15, 0.2) is 0 Å². The van der Waals surface area contributed by atoms with Gasteiger partial charge in [0.05, 0.1) is 0 Å². The minimum absolute atomic E-state index is 0. The molecule has 0 spiro atoms. The van der Waals surface area contributed by atoms with Gasteiger partial charge < -0.3 is 19.8 Å². The quantitative estimate of drug-likeness (QED) is 0.494. The van der Waals surface area contributed by atoms with Crippen molar-refractivity contribution in [1.29, 1.82) is 0 Å². The molecule has 0 aromatic rings. The minimum atomic E-state index is -0.925. The number of hydrogen-bond donors (Lipinski definition) is 0.